The van der Waals surface area contributed by atoms with E-state index in [1.165, 1.54) is 24.8 Å². The summed E-state index contributed by atoms with van der Waals surface area (Å²) in [7, 11) is 0. The van der Waals surface area contributed by atoms with Gasteiger partial charge >= 0.3 is 0 Å². The predicted octanol–water partition coefficient (Wildman–Crippen LogP) is 6.36. The Morgan fingerprint density at radius 2 is 1.65 bits per heavy atom. The molecule has 0 unspecified atom stereocenters. The molecule has 1 amide bonds. The highest BCUT2D eigenvalue weighted by atomic mass is 127. The van der Waals surface area contributed by atoms with Gasteiger partial charge in [-0.1, -0.05) is 53.2 Å². The maximum absolute atomic E-state index is 14.6. The summed E-state index contributed by atoms with van der Waals surface area (Å²) in [6.45, 7) is 19.1. The quantitative estimate of drug-likeness (QED) is 0.263. The van der Waals surface area contributed by atoms with Crippen molar-refractivity contribution < 1.29 is 14.4 Å². The second-order valence-corrected chi connectivity index (χ2v) is 16.9. The molecule has 6 heteroatoms. The van der Waals surface area contributed by atoms with E-state index in [4.69, 9.17) is 0 Å². The minimum Gasteiger partial charge on any atom is -0.339 e. The highest BCUT2D eigenvalue weighted by Gasteiger charge is 2.71. The van der Waals surface area contributed by atoms with Gasteiger partial charge in [-0.15, -0.1) is 0 Å². The molecule has 1 heterocycles. The second-order valence-electron chi connectivity index (χ2n) is 15.7. The molecule has 4 fully saturated rings. The number of ketones is 2. The van der Waals surface area contributed by atoms with Crippen LogP contribution in [0, 0.1) is 56.7 Å². The van der Waals surface area contributed by atoms with Gasteiger partial charge in [0.25, 0.3) is 0 Å². The average molecular weight is 661 g/mol. The Bertz CT molecular complexity index is 1220. The molecule has 0 spiro atoms. The number of halogens is 1. The van der Waals surface area contributed by atoms with E-state index in [1.807, 2.05) is 11.8 Å². The molecule has 1 N–H and O–H groups in total. The van der Waals surface area contributed by atoms with Gasteiger partial charge in [-0.3, -0.25) is 14.4 Å². The van der Waals surface area contributed by atoms with E-state index in [0.29, 0.717) is 34.4 Å². The van der Waals surface area contributed by atoms with Crippen molar-refractivity contribution in [2.75, 3.05) is 26.2 Å². The van der Waals surface area contributed by atoms with Crippen LogP contribution in [0.25, 0.3) is 0 Å². The number of carbonyl (C=O) groups is 3. The number of amides is 1. The number of rotatable bonds is 1. The topological polar surface area (TPSA) is 66.5 Å². The van der Waals surface area contributed by atoms with Crippen LogP contribution < -0.4 is 5.32 Å². The lowest BCUT2D eigenvalue weighted by molar-refractivity contribution is -0.179. The average Bonchev–Trinajstić information content (AvgIpc) is 2.91. The van der Waals surface area contributed by atoms with E-state index in [9.17, 15) is 14.4 Å². The van der Waals surface area contributed by atoms with Crippen molar-refractivity contribution >= 4 is 40.1 Å². The smallest absolute Gasteiger partial charge is 0.236 e. The standard InChI is InChI=1S/C34H49IN2O3/c1-20-8-10-30(3)12-13-32(5)22(26(30)21(20)2)18-24(38)27-31(4)19-23(35)28(39)34(7,25(31)9-11-33(27,32)6)29(40)37-16-14-36-15-17-37/h18-21,25-27,36H,8-17H2,1-7H3/t20-,21+,25-,26+,27-,30-,31+,32-,33-,34-/m1/s1. The van der Waals surface area contributed by atoms with Crippen molar-refractivity contribution in [2.24, 2.45) is 56.7 Å². The number of nitrogens with zero attached hydrogens (tertiary/aromatic N) is 1. The predicted molar refractivity (Wildman–Crippen MR) is 167 cm³/mol. The van der Waals surface area contributed by atoms with Gasteiger partial charge < -0.3 is 10.2 Å². The highest BCUT2D eigenvalue weighted by molar-refractivity contribution is 14.1. The fourth-order valence-electron chi connectivity index (χ4n) is 11.3. The Balaban J connectivity index is 1.47. The molecular formula is C34H49IN2O3. The lowest BCUT2D eigenvalue weighted by Gasteiger charge is -2.69. The molecule has 0 bridgehead atoms. The van der Waals surface area contributed by atoms with Crippen LogP contribution in [0.15, 0.2) is 21.3 Å². The summed E-state index contributed by atoms with van der Waals surface area (Å²) in [5.74, 6) is 1.42. The summed E-state index contributed by atoms with van der Waals surface area (Å²) in [6, 6.07) is 0. The zero-order chi connectivity index (χ0) is 29.0. The first kappa shape index (κ1) is 29.1. The summed E-state index contributed by atoms with van der Waals surface area (Å²) in [5.41, 5.74) is -0.269. The zero-order valence-corrected chi connectivity index (χ0v) is 27.8. The van der Waals surface area contributed by atoms with Gasteiger partial charge in [-0.2, -0.15) is 0 Å². The molecule has 0 radical (unpaired) electrons. The van der Waals surface area contributed by atoms with Gasteiger partial charge in [0.05, 0.1) is 3.58 Å². The number of piperazine rings is 1. The van der Waals surface area contributed by atoms with E-state index in [0.717, 1.165) is 32.4 Å². The van der Waals surface area contributed by atoms with Crippen molar-refractivity contribution in [2.45, 2.75) is 87.0 Å². The summed E-state index contributed by atoms with van der Waals surface area (Å²) >= 11 is 2.16. The number of Topliss-reactive ketones (excluding diaryl/α,β-unsaturated/α-hetero) is 1. The molecule has 5 aliphatic carbocycles. The molecule has 40 heavy (non-hydrogen) atoms. The lowest BCUT2D eigenvalue weighted by atomic mass is 9.34. The fraction of sp³-hybridized carbons (Fsp3) is 0.794. The number of carbonyl (C=O) groups excluding carboxylic acids is 3. The molecule has 0 aromatic carbocycles. The Hall–Kier alpha value is -1.02. The molecule has 6 rings (SSSR count). The van der Waals surface area contributed by atoms with Crippen LogP contribution in [-0.2, 0) is 14.4 Å². The molecule has 6 aliphatic rings. The first-order valence-corrected chi connectivity index (χ1v) is 16.9. The number of hydrogen-bond donors (Lipinski definition) is 1. The summed E-state index contributed by atoms with van der Waals surface area (Å²) in [6.07, 6.45) is 10.8. The van der Waals surface area contributed by atoms with Gasteiger partial charge in [-0.25, -0.2) is 0 Å². The van der Waals surface area contributed by atoms with Crippen molar-refractivity contribution in [3.63, 3.8) is 0 Å². The van der Waals surface area contributed by atoms with E-state index in [-0.39, 0.29) is 45.6 Å². The van der Waals surface area contributed by atoms with E-state index in [1.54, 1.807) is 0 Å². The normalized spacial score (nSPS) is 50.6. The van der Waals surface area contributed by atoms with Crippen molar-refractivity contribution in [1.29, 1.82) is 0 Å². The van der Waals surface area contributed by atoms with Crippen molar-refractivity contribution in [1.82, 2.24) is 10.2 Å². The molecule has 220 valence electrons. The SMILES string of the molecule is C[C@H]1[C@H](C)CC[C@]2(C)CC[C@]3(C)C(=CC(=O)[C@@H]4[C@@]5(C)C=C(I)C(=O)[C@](C)(C(=O)N6CCNCC6)[C@@H]5CC[C@]43C)[C@H]12. The molecule has 5 nitrogen and oxygen atoms in total. The van der Waals surface area contributed by atoms with E-state index >= 15 is 0 Å². The second kappa shape index (κ2) is 9.24. The third-order valence-corrected chi connectivity index (χ3v) is 14.8. The van der Waals surface area contributed by atoms with Crippen molar-refractivity contribution in [3.8, 4) is 0 Å². The highest BCUT2D eigenvalue weighted by Crippen LogP contribution is 2.74. The van der Waals surface area contributed by atoms with Gasteiger partial charge in [0.15, 0.2) is 11.6 Å². The molecule has 10 atom stereocenters. The monoisotopic (exact) mass is 660 g/mol. The van der Waals surface area contributed by atoms with Gasteiger partial charge in [0.1, 0.15) is 5.41 Å². The molecule has 0 aromatic rings. The lowest BCUT2D eigenvalue weighted by Crippen LogP contribution is -2.68. The zero-order valence-electron chi connectivity index (χ0n) is 25.7. The summed E-state index contributed by atoms with van der Waals surface area (Å²) < 4.78 is 0.630. The first-order chi connectivity index (χ1) is 18.6. The van der Waals surface area contributed by atoms with Crippen LogP contribution in [0.3, 0.4) is 0 Å². The molecular weight excluding hydrogens is 611 g/mol. The van der Waals surface area contributed by atoms with Crippen LogP contribution in [-0.4, -0.2) is 48.6 Å². The van der Waals surface area contributed by atoms with Crippen molar-refractivity contribution in [3.05, 3.63) is 21.3 Å². The van der Waals surface area contributed by atoms with Gasteiger partial charge in [0.2, 0.25) is 5.91 Å². The van der Waals surface area contributed by atoms with Crippen LogP contribution >= 0.6 is 22.6 Å². The minimum absolute atomic E-state index is 0.0368. The maximum Gasteiger partial charge on any atom is 0.236 e. The van der Waals surface area contributed by atoms with Gasteiger partial charge in [0, 0.05) is 37.5 Å². The Kier molecular flexibility index (Phi) is 6.71. The maximum atomic E-state index is 14.6. The van der Waals surface area contributed by atoms with Crippen LogP contribution in [0.2, 0.25) is 0 Å². The third kappa shape index (κ3) is 3.56. The van der Waals surface area contributed by atoms with E-state index in [2.05, 4.69) is 81.6 Å². The van der Waals surface area contributed by atoms with Crippen LogP contribution in [0.5, 0.6) is 0 Å². The van der Waals surface area contributed by atoms with E-state index < -0.39 is 10.8 Å². The Labute approximate surface area is 254 Å². The fourth-order valence-corrected chi connectivity index (χ4v) is 12.5. The van der Waals surface area contributed by atoms with Crippen LogP contribution in [0.1, 0.15) is 87.0 Å². The molecule has 3 saturated carbocycles. The largest absolute Gasteiger partial charge is 0.339 e. The van der Waals surface area contributed by atoms with Gasteiger partial charge in [-0.05, 0) is 114 Å². The molecule has 0 aromatic heterocycles. The Morgan fingerprint density at radius 1 is 0.975 bits per heavy atom. The number of allylic oxidation sites excluding steroid dienone is 4. The summed E-state index contributed by atoms with van der Waals surface area (Å²) in [5, 5.41) is 3.33. The molecule has 1 saturated heterocycles. The molecule has 1 aliphatic heterocycles. The first-order valence-electron chi connectivity index (χ1n) is 15.8. The summed E-state index contributed by atoms with van der Waals surface area (Å²) in [4.78, 5) is 44.7. The third-order valence-electron chi connectivity index (χ3n) is 14.0. The minimum atomic E-state index is -1.14. The number of nitrogens with one attached hydrogen (secondary N) is 1. The number of hydrogen-bond acceptors (Lipinski definition) is 4. The van der Waals surface area contributed by atoms with Crippen LogP contribution in [0.4, 0.5) is 0 Å². The Morgan fingerprint density at radius 3 is 2.33 bits per heavy atom. The number of fused-ring (bicyclic) bond motifs is 7.